The van der Waals surface area contributed by atoms with Crippen molar-refractivity contribution in [1.29, 1.82) is 0 Å². The molecule has 1 heterocycles. The van der Waals surface area contributed by atoms with E-state index in [2.05, 4.69) is 16.2 Å². The number of amides is 1. The van der Waals surface area contributed by atoms with E-state index in [-0.39, 0.29) is 5.91 Å². The van der Waals surface area contributed by atoms with Gasteiger partial charge < -0.3 is 14.8 Å². The maximum Gasteiger partial charge on any atom is 0.251 e. The van der Waals surface area contributed by atoms with Gasteiger partial charge in [0.25, 0.3) is 5.91 Å². The Hall–Kier alpha value is -2.57. The van der Waals surface area contributed by atoms with Gasteiger partial charge in [0, 0.05) is 36.7 Å². The van der Waals surface area contributed by atoms with Gasteiger partial charge in [0.1, 0.15) is 11.5 Å². The van der Waals surface area contributed by atoms with E-state index in [0.717, 1.165) is 35.7 Å². The average Bonchev–Trinajstić information content (AvgIpc) is 3.20. The van der Waals surface area contributed by atoms with Crippen LogP contribution in [0.4, 0.5) is 0 Å². The smallest absolute Gasteiger partial charge is 0.251 e. The van der Waals surface area contributed by atoms with Crippen molar-refractivity contribution in [1.82, 2.24) is 16.2 Å². The van der Waals surface area contributed by atoms with Gasteiger partial charge in [-0.05, 0) is 23.8 Å². The zero-order valence-electron chi connectivity index (χ0n) is 14.5. The molecule has 1 aliphatic heterocycles. The van der Waals surface area contributed by atoms with Crippen molar-refractivity contribution in [2.75, 3.05) is 27.3 Å². The molecule has 3 rings (SSSR count). The van der Waals surface area contributed by atoms with Crippen LogP contribution in [0.25, 0.3) is 0 Å². The van der Waals surface area contributed by atoms with Gasteiger partial charge in [-0.2, -0.15) is 0 Å². The molecule has 0 atom stereocenters. The Bertz CT molecular complexity index is 742. The van der Waals surface area contributed by atoms with Crippen molar-refractivity contribution in [2.24, 2.45) is 0 Å². The molecule has 132 valence electrons. The maximum absolute atomic E-state index is 12.5. The largest absolute Gasteiger partial charge is 0.496 e. The fourth-order valence-electron chi connectivity index (χ4n) is 3.00. The van der Waals surface area contributed by atoms with Gasteiger partial charge in [-0.3, -0.25) is 15.6 Å². The van der Waals surface area contributed by atoms with Crippen LogP contribution in [-0.2, 0) is 6.54 Å². The van der Waals surface area contributed by atoms with E-state index in [1.165, 1.54) is 0 Å². The van der Waals surface area contributed by atoms with Crippen molar-refractivity contribution >= 4 is 5.91 Å². The lowest BCUT2D eigenvalue weighted by Crippen LogP contribution is -2.23. The Morgan fingerprint density at radius 3 is 2.52 bits per heavy atom. The summed E-state index contributed by atoms with van der Waals surface area (Å²) in [5, 5.41) is 2.93. The highest BCUT2D eigenvalue weighted by Crippen LogP contribution is 2.28. The van der Waals surface area contributed by atoms with Gasteiger partial charge in [-0.1, -0.05) is 24.3 Å². The van der Waals surface area contributed by atoms with Crippen molar-refractivity contribution in [3.8, 4) is 11.5 Å². The second-order valence-electron chi connectivity index (χ2n) is 5.91. The van der Waals surface area contributed by atoms with E-state index in [4.69, 9.17) is 9.47 Å². The number of rotatable bonds is 6. The van der Waals surface area contributed by atoms with E-state index in [1.54, 1.807) is 20.3 Å². The van der Waals surface area contributed by atoms with Crippen LogP contribution >= 0.6 is 0 Å². The number of hydrazine groups is 1. The summed E-state index contributed by atoms with van der Waals surface area (Å²) in [5.74, 6) is 1.69. The minimum absolute atomic E-state index is 0.140. The number of nitrogens with one attached hydrogen (secondary N) is 3. The molecular formula is C19H23N3O3. The first-order chi connectivity index (χ1) is 12.2. The summed E-state index contributed by atoms with van der Waals surface area (Å²) in [7, 11) is 3.25. The minimum Gasteiger partial charge on any atom is -0.496 e. The topological polar surface area (TPSA) is 71.6 Å². The molecule has 6 heteroatoms. The van der Waals surface area contributed by atoms with Gasteiger partial charge >= 0.3 is 0 Å². The van der Waals surface area contributed by atoms with Crippen LogP contribution in [0.5, 0.6) is 11.5 Å². The van der Waals surface area contributed by atoms with Crippen molar-refractivity contribution in [2.45, 2.75) is 12.5 Å². The molecule has 2 aromatic rings. The molecule has 3 N–H and O–H groups in total. The van der Waals surface area contributed by atoms with E-state index < -0.39 is 0 Å². The molecule has 1 amide bonds. The van der Waals surface area contributed by atoms with Crippen LogP contribution in [0.15, 0.2) is 42.5 Å². The van der Waals surface area contributed by atoms with Crippen LogP contribution in [0.3, 0.4) is 0 Å². The second kappa shape index (κ2) is 8.00. The first-order valence-electron chi connectivity index (χ1n) is 8.26. The normalized spacial score (nSPS) is 14.3. The molecule has 0 saturated carbocycles. The molecule has 0 aliphatic carbocycles. The summed E-state index contributed by atoms with van der Waals surface area (Å²) in [5.41, 5.74) is 8.84. The fraction of sp³-hybridized carbons (Fsp3) is 0.316. The third-order valence-corrected chi connectivity index (χ3v) is 4.39. The first-order valence-corrected chi connectivity index (χ1v) is 8.26. The zero-order valence-corrected chi connectivity index (χ0v) is 14.5. The molecule has 0 unspecified atom stereocenters. The van der Waals surface area contributed by atoms with Gasteiger partial charge in [0.2, 0.25) is 0 Å². The Morgan fingerprint density at radius 2 is 1.80 bits per heavy atom. The molecule has 2 aromatic carbocycles. The van der Waals surface area contributed by atoms with E-state index in [1.807, 2.05) is 36.4 Å². The molecule has 0 aromatic heterocycles. The number of para-hydroxylation sites is 1. The summed E-state index contributed by atoms with van der Waals surface area (Å²) >= 11 is 0. The van der Waals surface area contributed by atoms with Crippen LogP contribution in [0.2, 0.25) is 0 Å². The predicted octanol–water partition coefficient (Wildman–Crippen LogP) is 1.83. The van der Waals surface area contributed by atoms with Crippen LogP contribution in [0, 0.1) is 0 Å². The highest BCUT2D eigenvalue weighted by molar-refractivity contribution is 5.94. The molecule has 0 spiro atoms. The second-order valence-corrected chi connectivity index (χ2v) is 5.91. The molecule has 0 radical (unpaired) electrons. The summed E-state index contributed by atoms with van der Waals surface area (Å²) < 4.78 is 10.8. The van der Waals surface area contributed by atoms with Gasteiger partial charge in [-0.15, -0.1) is 0 Å². The van der Waals surface area contributed by atoms with Gasteiger partial charge in [0.15, 0.2) is 0 Å². The molecule has 6 nitrogen and oxygen atoms in total. The highest BCUT2D eigenvalue weighted by atomic mass is 16.5. The zero-order chi connectivity index (χ0) is 17.6. The lowest BCUT2D eigenvalue weighted by molar-refractivity contribution is 0.0950. The van der Waals surface area contributed by atoms with Gasteiger partial charge in [0.05, 0.1) is 14.2 Å². The first kappa shape index (κ1) is 17.3. The Balaban J connectivity index is 1.71. The number of methoxy groups -OCH3 is 2. The Labute approximate surface area is 147 Å². The minimum atomic E-state index is -0.140. The Kier molecular flexibility index (Phi) is 5.53. The highest BCUT2D eigenvalue weighted by Gasteiger charge is 2.21. The quantitative estimate of drug-likeness (QED) is 0.748. The lowest BCUT2D eigenvalue weighted by Gasteiger charge is -2.15. The monoisotopic (exact) mass is 341 g/mol. The molecular weight excluding hydrogens is 318 g/mol. The number of benzene rings is 2. The molecule has 1 fully saturated rings. The van der Waals surface area contributed by atoms with Crippen molar-refractivity contribution in [3.63, 3.8) is 0 Å². The third kappa shape index (κ3) is 3.92. The standard InChI is InChI=1S/C19H23N3O3/c1-24-17-6-4-3-5-14(17)10-20-19(23)13-7-8-16(18(9-13)25-2)15-11-21-22-12-15/h3-9,15,21-22H,10-12H2,1-2H3,(H,20,23). The van der Waals surface area contributed by atoms with Crippen LogP contribution < -0.4 is 25.6 Å². The number of carbonyl (C=O) groups is 1. The SMILES string of the molecule is COc1ccccc1CNC(=O)c1ccc(C2CNNC2)c(OC)c1. The summed E-state index contributed by atoms with van der Waals surface area (Å²) in [4.78, 5) is 12.5. The van der Waals surface area contributed by atoms with E-state index in [0.29, 0.717) is 18.0 Å². The van der Waals surface area contributed by atoms with E-state index >= 15 is 0 Å². The van der Waals surface area contributed by atoms with Crippen LogP contribution in [-0.4, -0.2) is 33.2 Å². The number of ether oxygens (including phenoxy) is 2. The van der Waals surface area contributed by atoms with Gasteiger partial charge in [-0.25, -0.2) is 0 Å². The number of hydrogen-bond acceptors (Lipinski definition) is 5. The lowest BCUT2D eigenvalue weighted by atomic mass is 9.97. The fourth-order valence-corrected chi connectivity index (χ4v) is 3.00. The molecule has 25 heavy (non-hydrogen) atoms. The summed E-state index contributed by atoms with van der Waals surface area (Å²) in [6, 6.07) is 13.2. The number of carbonyl (C=O) groups excluding carboxylic acids is 1. The average molecular weight is 341 g/mol. The predicted molar refractivity (Wildman–Crippen MR) is 95.9 cm³/mol. The van der Waals surface area contributed by atoms with Crippen molar-refractivity contribution < 1.29 is 14.3 Å². The molecule has 0 bridgehead atoms. The van der Waals surface area contributed by atoms with E-state index in [9.17, 15) is 4.79 Å². The summed E-state index contributed by atoms with van der Waals surface area (Å²) in [6.45, 7) is 2.09. The van der Waals surface area contributed by atoms with Crippen LogP contribution in [0.1, 0.15) is 27.4 Å². The number of hydrogen-bond donors (Lipinski definition) is 3. The van der Waals surface area contributed by atoms with Crippen molar-refractivity contribution in [3.05, 3.63) is 59.2 Å². The third-order valence-electron chi connectivity index (χ3n) is 4.39. The summed E-state index contributed by atoms with van der Waals surface area (Å²) in [6.07, 6.45) is 0. The Morgan fingerprint density at radius 1 is 1.08 bits per heavy atom. The molecule has 1 aliphatic rings. The molecule has 1 saturated heterocycles. The maximum atomic E-state index is 12.5.